The van der Waals surface area contributed by atoms with Crippen LogP contribution < -0.4 is 4.43 Å². The summed E-state index contributed by atoms with van der Waals surface area (Å²) in [6.07, 6.45) is 14.9. The second-order valence-corrected chi connectivity index (χ2v) is 9.95. The summed E-state index contributed by atoms with van der Waals surface area (Å²) >= 11 is 0. The number of para-hydroxylation sites is 1. The Morgan fingerprint density at radius 3 is 1.88 bits per heavy atom. The van der Waals surface area contributed by atoms with E-state index in [0.717, 1.165) is 18.8 Å². The molecule has 25 heavy (non-hydrogen) atoms. The molecule has 2 nitrogen and oxygen atoms in total. The van der Waals surface area contributed by atoms with Crippen molar-refractivity contribution >= 4 is 8.56 Å². The Morgan fingerprint density at radius 2 is 1.36 bits per heavy atom. The Balaban J connectivity index is 2.01. The summed E-state index contributed by atoms with van der Waals surface area (Å²) < 4.78 is 12.1. The van der Waals surface area contributed by atoms with E-state index in [9.17, 15) is 0 Å². The quantitative estimate of drug-likeness (QED) is 0.229. The number of hydrogen-bond acceptors (Lipinski definition) is 2. The molecule has 1 aromatic carbocycles. The van der Waals surface area contributed by atoms with Crippen molar-refractivity contribution in [2.75, 3.05) is 6.61 Å². The highest BCUT2D eigenvalue weighted by molar-refractivity contribution is 6.71. The summed E-state index contributed by atoms with van der Waals surface area (Å²) in [6.45, 7) is 9.03. The average molecular weight is 363 g/mol. The van der Waals surface area contributed by atoms with Gasteiger partial charge in [0.1, 0.15) is 5.75 Å². The van der Waals surface area contributed by atoms with Gasteiger partial charge in [-0.15, -0.1) is 6.58 Å². The zero-order valence-electron chi connectivity index (χ0n) is 16.5. The first-order valence-corrected chi connectivity index (χ1v) is 12.6. The fraction of sp³-hybridized carbons (Fsp3) is 0.636. The maximum atomic E-state index is 6.06. The molecule has 0 fully saturated rings. The minimum absolute atomic E-state index is 0.776. The largest absolute Gasteiger partial charge is 0.518 e. The summed E-state index contributed by atoms with van der Waals surface area (Å²) in [7, 11) is -2.30. The van der Waals surface area contributed by atoms with Crippen LogP contribution in [-0.2, 0) is 4.43 Å². The second-order valence-electron chi connectivity index (χ2n) is 7.02. The van der Waals surface area contributed by atoms with E-state index in [1.165, 1.54) is 64.2 Å². The lowest BCUT2D eigenvalue weighted by atomic mass is 10.1. The molecule has 142 valence electrons. The molecule has 0 saturated carbocycles. The summed E-state index contributed by atoms with van der Waals surface area (Å²) in [4.78, 5) is 0. The third-order valence-corrected chi connectivity index (χ3v) is 6.73. The van der Waals surface area contributed by atoms with Gasteiger partial charge in [0.25, 0.3) is 0 Å². The van der Waals surface area contributed by atoms with Crippen LogP contribution in [0.3, 0.4) is 0 Å². The van der Waals surface area contributed by atoms with Crippen LogP contribution in [0.4, 0.5) is 0 Å². The van der Waals surface area contributed by atoms with Gasteiger partial charge in [-0.3, -0.25) is 0 Å². The van der Waals surface area contributed by atoms with Crippen LogP contribution in [0.25, 0.3) is 0 Å². The maximum Gasteiger partial charge on any atom is 0.422 e. The minimum Gasteiger partial charge on any atom is -0.518 e. The van der Waals surface area contributed by atoms with E-state index in [2.05, 4.69) is 20.0 Å². The van der Waals surface area contributed by atoms with E-state index in [-0.39, 0.29) is 0 Å². The molecule has 0 saturated heterocycles. The third kappa shape index (κ3) is 11.2. The molecule has 1 rings (SSSR count). The van der Waals surface area contributed by atoms with Gasteiger partial charge in [0, 0.05) is 6.61 Å². The molecule has 0 aliphatic carbocycles. The van der Waals surface area contributed by atoms with Gasteiger partial charge in [0.15, 0.2) is 0 Å². The summed E-state index contributed by atoms with van der Waals surface area (Å²) in [5.74, 6) is 0.871. The third-order valence-electron chi connectivity index (χ3n) is 4.57. The molecule has 1 atom stereocenters. The van der Waals surface area contributed by atoms with Crippen molar-refractivity contribution in [3.05, 3.63) is 42.6 Å². The molecule has 0 radical (unpaired) electrons. The first-order valence-electron chi connectivity index (χ1n) is 10.2. The first kappa shape index (κ1) is 22.0. The molecule has 0 aromatic heterocycles. The van der Waals surface area contributed by atoms with Crippen molar-refractivity contribution in [1.29, 1.82) is 0 Å². The van der Waals surface area contributed by atoms with Gasteiger partial charge in [0.2, 0.25) is 0 Å². The number of rotatable bonds is 16. The Hall–Kier alpha value is -1.06. The Labute approximate surface area is 156 Å². The zero-order chi connectivity index (χ0) is 18.2. The zero-order valence-corrected chi connectivity index (χ0v) is 17.5. The summed E-state index contributed by atoms with van der Waals surface area (Å²) in [5.41, 5.74) is 1.87. The van der Waals surface area contributed by atoms with Crippen LogP contribution in [0.1, 0.15) is 77.6 Å². The summed E-state index contributed by atoms with van der Waals surface area (Å²) in [6, 6.07) is 9.90. The highest BCUT2D eigenvalue weighted by atomic mass is 28.4. The number of hydrogen-bond donors (Lipinski definition) is 0. The molecule has 3 heteroatoms. The highest BCUT2D eigenvalue weighted by Crippen LogP contribution is 2.18. The Kier molecular flexibility index (Phi) is 12.4. The van der Waals surface area contributed by atoms with Gasteiger partial charge >= 0.3 is 8.56 Å². The van der Waals surface area contributed by atoms with Crippen molar-refractivity contribution in [2.24, 2.45) is 0 Å². The molecule has 0 bridgehead atoms. The number of benzene rings is 1. The summed E-state index contributed by atoms with van der Waals surface area (Å²) in [5, 5.41) is 0. The standard InChI is InChI=1S/C22H38O2Si/c1-4-6-7-8-9-10-11-12-13-14-18-21-23-25(3,5-2)24-22-19-16-15-17-20-22/h5,15-17,19-20H,2,4,6-14,18,21H2,1,3H3. The van der Waals surface area contributed by atoms with E-state index >= 15 is 0 Å². The van der Waals surface area contributed by atoms with Crippen LogP contribution in [0.2, 0.25) is 6.55 Å². The fourth-order valence-corrected chi connectivity index (χ4v) is 4.31. The smallest absolute Gasteiger partial charge is 0.422 e. The van der Waals surface area contributed by atoms with Crippen LogP contribution in [0, 0.1) is 0 Å². The monoisotopic (exact) mass is 362 g/mol. The van der Waals surface area contributed by atoms with Crippen LogP contribution in [0.15, 0.2) is 42.6 Å². The predicted octanol–water partition coefficient (Wildman–Crippen LogP) is 7.19. The van der Waals surface area contributed by atoms with Crippen molar-refractivity contribution in [3.8, 4) is 5.75 Å². The first-order chi connectivity index (χ1) is 12.2. The molecule has 0 aliphatic heterocycles. The lowest BCUT2D eigenvalue weighted by molar-refractivity contribution is 0.245. The van der Waals surface area contributed by atoms with Crippen molar-refractivity contribution in [3.63, 3.8) is 0 Å². The molecule has 0 heterocycles. The Morgan fingerprint density at radius 1 is 0.840 bits per heavy atom. The average Bonchev–Trinajstić information content (AvgIpc) is 2.63. The SMILES string of the molecule is C=C[Si](C)(OCCCCCCCCCCCCC)Oc1ccccc1. The van der Waals surface area contributed by atoms with Crippen molar-refractivity contribution in [1.82, 2.24) is 0 Å². The van der Waals surface area contributed by atoms with Gasteiger partial charge in [-0.1, -0.05) is 89.3 Å². The van der Waals surface area contributed by atoms with E-state index in [1.807, 2.05) is 36.0 Å². The molecule has 0 spiro atoms. The van der Waals surface area contributed by atoms with Crippen LogP contribution >= 0.6 is 0 Å². The van der Waals surface area contributed by atoms with Gasteiger partial charge in [-0.05, 0) is 30.8 Å². The second kappa shape index (κ2) is 14.1. The van der Waals surface area contributed by atoms with E-state index < -0.39 is 8.56 Å². The highest BCUT2D eigenvalue weighted by Gasteiger charge is 2.29. The molecular formula is C22H38O2Si. The molecule has 0 N–H and O–H groups in total. The van der Waals surface area contributed by atoms with E-state index in [0.29, 0.717) is 0 Å². The van der Waals surface area contributed by atoms with Crippen LogP contribution in [0.5, 0.6) is 5.75 Å². The topological polar surface area (TPSA) is 18.5 Å². The van der Waals surface area contributed by atoms with Gasteiger partial charge in [-0.25, -0.2) is 0 Å². The molecular weight excluding hydrogens is 324 g/mol. The van der Waals surface area contributed by atoms with Crippen LogP contribution in [-0.4, -0.2) is 15.2 Å². The van der Waals surface area contributed by atoms with Crippen molar-refractivity contribution in [2.45, 2.75) is 84.1 Å². The minimum atomic E-state index is -2.30. The van der Waals surface area contributed by atoms with E-state index in [4.69, 9.17) is 8.85 Å². The normalized spacial score (nSPS) is 13.4. The lowest BCUT2D eigenvalue weighted by Gasteiger charge is -2.24. The lowest BCUT2D eigenvalue weighted by Crippen LogP contribution is -2.40. The molecule has 1 aromatic rings. The fourth-order valence-electron chi connectivity index (χ4n) is 2.89. The number of unbranched alkanes of at least 4 members (excludes halogenated alkanes) is 10. The maximum absolute atomic E-state index is 6.06. The van der Waals surface area contributed by atoms with Gasteiger partial charge < -0.3 is 8.85 Å². The van der Waals surface area contributed by atoms with Gasteiger partial charge in [0.05, 0.1) is 0 Å². The van der Waals surface area contributed by atoms with E-state index in [1.54, 1.807) is 0 Å². The van der Waals surface area contributed by atoms with Crippen molar-refractivity contribution < 1.29 is 8.85 Å². The molecule has 0 aliphatic rings. The predicted molar refractivity (Wildman–Crippen MR) is 111 cm³/mol. The van der Waals surface area contributed by atoms with Gasteiger partial charge in [-0.2, -0.15) is 0 Å². The molecule has 0 amide bonds. The molecule has 1 unspecified atom stereocenters. The Bertz CT molecular complexity index is 435.